The molecule has 44 heteroatoms. The fourth-order valence-electron chi connectivity index (χ4n) is 17.1. The summed E-state index contributed by atoms with van der Waals surface area (Å²) < 4.78 is 75.6. The van der Waals surface area contributed by atoms with Crippen LogP contribution in [0.5, 0.6) is 0 Å². The van der Waals surface area contributed by atoms with E-state index in [-0.39, 0.29) is 172 Å². The Morgan fingerprint density at radius 3 is 1.01 bits per heavy atom. The Morgan fingerprint density at radius 2 is 0.701 bits per heavy atom. The third kappa shape index (κ3) is 25.5. The van der Waals surface area contributed by atoms with Crippen LogP contribution in [-0.2, 0) is 159 Å². The number of nitrogens with zero attached hydrogens (tertiary/aromatic N) is 4. The van der Waals surface area contributed by atoms with Gasteiger partial charge in [0.2, 0.25) is 47.0 Å². The summed E-state index contributed by atoms with van der Waals surface area (Å²) in [6.45, 7) is 15.3. The van der Waals surface area contributed by atoms with Gasteiger partial charge >= 0.3 is 24.4 Å². The van der Waals surface area contributed by atoms with E-state index in [1.165, 1.54) is 58.8 Å². The molecule has 732 valence electrons. The van der Waals surface area contributed by atoms with Crippen LogP contribution in [0.1, 0.15) is 103 Å². The smallest absolute Gasteiger partial charge is 0.410 e. The number of hydrogen-bond donors (Lipinski definition) is 8. The van der Waals surface area contributed by atoms with Gasteiger partial charge in [0, 0.05) is 112 Å². The van der Waals surface area contributed by atoms with Gasteiger partial charge in [0.1, 0.15) is 63.8 Å². The number of nitrogens with one attached hydrogen (secondary N) is 4. The zero-order chi connectivity index (χ0) is 98.3. The predicted octanol–water partition coefficient (Wildman–Crippen LogP) is -0.461. The minimum atomic E-state index is -1.42. The van der Waals surface area contributed by atoms with Crippen molar-refractivity contribution in [2.75, 3.05) is 147 Å². The molecule has 10 rings (SSSR count). The molecule has 6 aliphatic heterocycles. The molecular weight excluding hydrogens is 1760 g/mol. The number of hydrogen-bond acceptors (Lipinski definition) is 34. The zero-order valence-electron chi connectivity index (χ0n) is 77.1. The summed E-state index contributed by atoms with van der Waals surface area (Å²) >= 11 is 0. The van der Waals surface area contributed by atoms with E-state index in [1.807, 2.05) is 0 Å². The Balaban J connectivity index is 0.000000306. The molecule has 0 unspecified atom stereocenters. The maximum Gasteiger partial charge on any atom is 0.410 e. The first-order chi connectivity index (χ1) is 63.7. The molecule has 10 amide bonds. The van der Waals surface area contributed by atoms with Gasteiger partial charge in [-0.05, 0) is 63.8 Å². The lowest BCUT2D eigenvalue weighted by atomic mass is 9.81. The van der Waals surface area contributed by atoms with Crippen LogP contribution in [0.4, 0.5) is 19.2 Å². The van der Waals surface area contributed by atoms with Gasteiger partial charge in [-0.15, -0.1) is 0 Å². The molecule has 0 saturated carbocycles. The average molecular weight is 1880 g/mol. The maximum atomic E-state index is 13.6. The number of carbonyl (C=O) groups excluding carboxylic acids is 18. The van der Waals surface area contributed by atoms with E-state index in [0.29, 0.717) is 87.3 Å². The first-order valence-electron chi connectivity index (χ1n) is 43.6. The number of nitrogens with two attached hydrogens (primary N) is 4. The molecule has 0 radical (unpaired) electrons. The second-order valence-electron chi connectivity index (χ2n) is 33.5. The first kappa shape index (κ1) is 106. The van der Waals surface area contributed by atoms with E-state index in [2.05, 4.69) is 21.3 Å². The van der Waals surface area contributed by atoms with Crippen molar-refractivity contribution in [3.63, 3.8) is 0 Å². The maximum absolute atomic E-state index is 13.6. The van der Waals surface area contributed by atoms with Gasteiger partial charge in [0.25, 0.3) is 0 Å². The number of rotatable bonds is 54. The molecule has 4 saturated heterocycles. The summed E-state index contributed by atoms with van der Waals surface area (Å²) in [4.78, 5) is 238. The number of methoxy groups -OCH3 is 4. The average Bonchev–Trinajstić information content (AvgIpc) is 1.49. The molecule has 2 aromatic carbocycles. The molecule has 6 heterocycles. The molecule has 4 fully saturated rings. The molecular formula is C90H120N12O32. The molecule has 14 atom stereocenters. The predicted molar refractivity (Wildman–Crippen MR) is 464 cm³/mol. The Morgan fingerprint density at radius 1 is 0.396 bits per heavy atom. The lowest BCUT2D eigenvalue weighted by molar-refractivity contribution is -0.144. The normalized spacial score (nSPS) is 21.8. The number of primary amides is 4. The Bertz CT molecular complexity index is 4920. The summed E-state index contributed by atoms with van der Waals surface area (Å²) in [5, 5.41) is 10.0. The fourth-order valence-corrected chi connectivity index (χ4v) is 17.1. The Hall–Kier alpha value is -12.1. The van der Waals surface area contributed by atoms with E-state index in [9.17, 15) is 86.3 Å². The standard InChI is InChI=1S/C49H68N6O18.C41H52N6O14/c1-28(21-34(56)26-71-20-19-70-18-17-69-16-15-68-14-13-67-12-11-65-5)45(61)52-31(4)46(62)53-36(23-39(50)58)38(57)22-32-7-9-33(10-8-32)25-73-48(64)55-37-24-54-41-40(42(59)29(2)30(3)43(41)60)35(27-72-47(51)63)49(54,66-6)44(37)55;1-20(13-26(48)18-59-12-11-57-5)37(53)44-23(4)38(54)45-28(15-31(42)50)30(49)14-24-7-9-25(10-8-24)17-61-40(56)47-29-16-46-33-32(34(51)21(2)22(3)35(33)52)27(19-60-39(43)55)41(46,58-6)36(29)47/h7-10,28,31,35-37,44H,11-27H2,1-6H3,(H2,50,58)(H2,51,63)(H,52,61)(H,53,62);7-10,20,23,27-29,36H,11-19H2,1-6H3,(H2,42,50)(H2,43,55)(H,44,53)(H,45,54)/t28-,31+,35-,36+,37-,44-,49-,55?;20-,23+,27-,28+,29+,36+,41-,47?/m00/s1. The van der Waals surface area contributed by atoms with Crippen molar-refractivity contribution < 1.29 is 153 Å². The van der Waals surface area contributed by atoms with Crippen molar-refractivity contribution in [3.8, 4) is 0 Å². The molecule has 134 heavy (non-hydrogen) atoms. The quantitative estimate of drug-likeness (QED) is 0.0180. The number of carbonyl (C=O) groups is 18. The molecule has 44 nitrogen and oxygen atoms in total. The summed E-state index contributed by atoms with van der Waals surface area (Å²) in [5.74, 6) is -11.0. The van der Waals surface area contributed by atoms with Crippen LogP contribution in [0.3, 0.4) is 0 Å². The molecule has 8 aliphatic rings. The third-order valence-corrected chi connectivity index (χ3v) is 24.4. The number of amides is 10. The van der Waals surface area contributed by atoms with Gasteiger partial charge in [0.05, 0.1) is 140 Å². The number of allylic oxidation sites excluding steroid dienone is 4. The highest BCUT2D eigenvalue weighted by atomic mass is 16.6. The molecule has 0 aromatic heterocycles. The van der Waals surface area contributed by atoms with Crippen LogP contribution in [0.25, 0.3) is 0 Å². The van der Waals surface area contributed by atoms with Crippen molar-refractivity contribution in [2.45, 2.75) is 167 Å². The van der Waals surface area contributed by atoms with E-state index >= 15 is 0 Å². The second kappa shape index (κ2) is 48.2. The number of ether oxygens (including phenoxy) is 14. The minimum Gasteiger partial charge on any atom is -0.449 e. The second-order valence-corrected chi connectivity index (χ2v) is 33.5. The van der Waals surface area contributed by atoms with Crippen molar-refractivity contribution >= 4 is 106 Å². The van der Waals surface area contributed by atoms with E-state index in [0.717, 1.165) is 0 Å². The van der Waals surface area contributed by atoms with Crippen LogP contribution < -0.4 is 44.2 Å². The zero-order valence-corrected chi connectivity index (χ0v) is 77.1. The molecule has 0 spiro atoms. The van der Waals surface area contributed by atoms with Crippen molar-refractivity contribution in [2.24, 2.45) is 46.6 Å². The third-order valence-electron chi connectivity index (χ3n) is 24.4. The van der Waals surface area contributed by atoms with E-state index in [1.54, 1.807) is 93.1 Å². The fraction of sp³-hybridized carbons (Fsp3) is 0.578. The van der Waals surface area contributed by atoms with Crippen LogP contribution in [-0.4, -0.2) is 333 Å². The molecule has 12 N–H and O–H groups in total. The Labute approximate surface area is 772 Å². The number of piperazine rings is 2. The number of ketones is 8. The van der Waals surface area contributed by atoms with Crippen molar-refractivity contribution in [3.05, 3.63) is 116 Å². The minimum absolute atomic E-state index is 0.118. The highest BCUT2D eigenvalue weighted by Gasteiger charge is 2.80. The van der Waals surface area contributed by atoms with Crippen LogP contribution in [0.15, 0.2) is 93.4 Å². The van der Waals surface area contributed by atoms with Gasteiger partial charge in [-0.1, -0.05) is 62.4 Å². The number of Topliss-reactive ketones (excluding diaryl/α,β-unsaturated/α-hetero) is 8. The van der Waals surface area contributed by atoms with E-state index < -0.39 is 168 Å². The number of fused-ring (bicyclic) bond motifs is 8. The summed E-state index contributed by atoms with van der Waals surface area (Å²) in [6, 6.07) is 5.91. The summed E-state index contributed by atoms with van der Waals surface area (Å²) in [7, 11) is 5.89. The van der Waals surface area contributed by atoms with Gasteiger partial charge in [-0.3, -0.25) is 76.9 Å². The van der Waals surface area contributed by atoms with Gasteiger partial charge in [0.15, 0.2) is 46.1 Å². The van der Waals surface area contributed by atoms with Crippen LogP contribution in [0.2, 0.25) is 0 Å². The van der Waals surface area contributed by atoms with Gasteiger partial charge in [-0.25, -0.2) is 19.2 Å². The SMILES string of the molecule is COCCOCC(=O)C[C@H](C)C(=O)N[C@H](C)C(=O)N[C@H](CC(N)=O)C(=O)Cc1ccc(COC(=O)N2[C@@H]3CN4C5=C(C(=O)C(C)=C(C)C5=O)[C@H](COC(N)=O)[C@]4(OC)[C@@H]32)cc1.COCCOCCOCCOCCOCCOCC(=O)C[C@H](C)C(=O)N[C@H](C)C(=O)N[C@H](CC(N)=O)C(=O)Cc1ccc(COC(=O)N2[C@H]3[C@@H]2CN2C4=C(C(=O)C(C)=C(C)C4=O)[C@H](COC(N)=O)[C@]32OC)cc1. The number of benzene rings is 2. The molecule has 2 aromatic rings. The van der Waals surface area contributed by atoms with Crippen molar-refractivity contribution in [1.29, 1.82) is 0 Å². The van der Waals surface area contributed by atoms with E-state index in [4.69, 9.17) is 89.3 Å². The molecule has 2 aliphatic carbocycles. The van der Waals surface area contributed by atoms with Gasteiger partial charge < -0.3 is 120 Å². The Kier molecular flexibility index (Phi) is 37.9. The first-order valence-corrected chi connectivity index (χ1v) is 43.6. The summed E-state index contributed by atoms with van der Waals surface area (Å²) in [6.07, 6.45) is -5.22. The largest absolute Gasteiger partial charge is 0.449 e. The highest BCUT2D eigenvalue weighted by Crippen LogP contribution is 2.62. The lowest BCUT2D eigenvalue weighted by Gasteiger charge is -2.40. The highest BCUT2D eigenvalue weighted by molar-refractivity contribution is 6.26. The molecule has 0 bridgehead atoms. The summed E-state index contributed by atoms with van der Waals surface area (Å²) in [5.41, 5.74) is 22.4. The van der Waals surface area contributed by atoms with Crippen LogP contribution >= 0.6 is 0 Å². The van der Waals surface area contributed by atoms with Crippen LogP contribution in [0, 0.1) is 23.7 Å². The van der Waals surface area contributed by atoms with Gasteiger partial charge in [-0.2, -0.15) is 0 Å². The monoisotopic (exact) mass is 1880 g/mol. The lowest BCUT2D eigenvalue weighted by Crippen LogP contribution is -2.56. The topological polar surface area (TPSA) is 601 Å². The van der Waals surface area contributed by atoms with Crippen molar-refractivity contribution in [1.82, 2.24) is 40.9 Å².